The van der Waals surface area contributed by atoms with Crippen LogP contribution in [0.25, 0.3) is 6.08 Å². The molecule has 1 saturated heterocycles. The number of carbonyl (C=O) groups excluding carboxylic acids is 1. The fourth-order valence-corrected chi connectivity index (χ4v) is 5.46. The van der Waals surface area contributed by atoms with Crippen molar-refractivity contribution in [2.24, 2.45) is 4.99 Å². The van der Waals surface area contributed by atoms with Gasteiger partial charge in [-0.25, -0.2) is 19.2 Å². The summed E-state index contributed by atoms with van der Waals surface area (Å²) >= 11 is 0. The van der Waals surface area contributed by atoms with Gasteiger partial charge in [0.2, 0.25) is 6.29 Å². The summed E-state index contributed by atoms with van der Waals surface area (Å²) in [5.74, 6) is -5.64. The maximum atomic E-state index is 12.3. The molecule has 8 N–H and O–H groups in total. The van der Waals surface area contributed by atoms with E-state index in [1.54, 1.807) is 12.1 Å². The van der Waals surface area contributed by atoms with E-state index in [1.807, 2.05) is 0 Å². The van der Waals surface area contributed by atoms with E-state index < -0.39 is 84.7 Å². The quantitative estimate of drug-likeness (QED) is 0.115. The number of carboxylic acids is 3. The van der Waals surface area contributed by atoms with E-state index in [9.17, 15) is 60.0 Å². The van der Waals surface area contributed by atoms with Gasteiger partial charge in [0.05, 0.1) is 0 Å². The van der Waals surface area contributed by atoms with Gasteiger partial charge in [0.1, 0.15) is 48.5 Å². The van der Waals surface area contributed by atoms with Crippen LogP contribution in [-0.4, -0.2) is 120 Å². The SMILES string of the molecule is O=C(/C=C\c1ccc(O)cc1)OC[C@H]1O[C@@H](Oc2cc3c(cc2O)C[C@@H](C(=O)O)N3C=CC2=CC(C(=O)O)=N[C@H](C(=O)O)C2)[C@H](O)[C@@H](O)[C@@H]1O. The molecular weight excluding hydrogens is 664 g/mol. The summed E-state index contributed by atoms with van der Waals surface area (Å²) in [6, 6.07) is 5.85. The molecule has 50 heavy (non-hydrogen) atoms. The molecule has 2 aromatic carbocycles. The Labute approximate surface area is 282 Å². The molecule has 0 aromatic heterocycles. The predicted octanol–water partition coefficient (Wildman–Crippen LogP) is 0.179. The number of hydrogen-bond donors (Lipinski definition) is 8. The van der Waals surface area contributed by atoms with Crippen molar-refractivity contribution in [1.29, 1.82) is 0 Å². The zero-order valence-electron chi connectivity index (χ0n) is 25.8. The van der Waals surface area contributed by atoms with Gasteiger partial charge >= 0.3 is 23.9 Å². The Morgan fingerprint density at radius 3 is 2.30 bits per heavy atom. The van der Waals surface area contributed by atoms with Gasteiger partial charge < -0.3 is 60.0 Å². The lowest BCUT2D eigenvalue weighted by atomic mass is 9.99. The molecule has 0 bridgehead atoms. The fraction of sp³-hybridized carbons (Fsp3) is 0.303. The summed E-state index contributed by atoms with van der Waals surface area (Å²) in [6.45, 7) is -0.578. The number of benzene rings is 2. The van der Waals surface area contributed by atoms with Crippen molar-refractivity contribution in [2.75, 3.05) is 11.5 Å². The molecule has 0 aliphatic carbocycles. The number of phenolic OH excluding ortho intramolecular Hbond substituents is 2. The van der Waals surface area contributed by atoms with Crippen LogP contribution >= 0.6 is 0 Å². The molecule has 17 heteroatoms. The third-order valence-corrected chi connectivity index (χ3v) is 8.08. The minimum atomic E-state index is -1.85. The van der Waals surface area contributed by atoms with Gasteiger partial charge in [-0.15, -0.1) is 0 Å². The van der Waals surface area contributed by atoms with Crippen LogP contribution in [0.1, 0.15) is 17.5 Å². The Morgan fingerprint density at radius 1 is 0.920 bits per heavy atom. The molecule has 264 valence electrons. The molecule has 3 aliphatic heterocycles. The summed E-state index contributed by atoms with van der Waals surface area (Å²) in [5.41, 5.74) is 0.922. The van der Waals surface area contributed by atoms with Gasteiger partial charge in [-0.05, 0) is 53.1 Å². The minimum absolute atomic E-state index is 0.0377. The van der Waals surface area contributed by atoms with Crippen molar-refractivity contribution < 1.29 is 74.2 Å². The number of allylic oxidation sites excluding steroid dienone is 1. The molecule has 0 saturated carbocycles. The normalized spacial score (nSPS) is 26.3. The minimum Gasteiger partial charge on any atom is -0.508 e. The molecule has 3 aliphatic rings. The third-order valence-electron chi connectivity index (χ3n) is 8.08. The third kappa shape index (κ3) is 7.92. The zero-order valence-corrected chi connectivity index (χ0v) is 25.8. The molecule has 2 aromatic rings. The van der Waals surface area contributed by atoms with Crippen LogP contribution in [0.15, 0.2) is 71.4 Å². The number of aliphatic carboxylic acids is 3. The number of rotatable bonds is 11. The lowest BCUT2D eigenvalue weighted by Crippen LogP contribution is -2.60. The number of esters is 1. The average Bonchev–Trinajstić information content (AvgIpc) is 3.43. The van der Waals surface area contributed by atoms with Crippen molar-refractivity contribution >= 4 is 41.4 Å². The highest BCUT2D eigenvalue weighted by Crippen LogP contribution is 2.42. The van der Waals surface area contributed by atoms with Crippen LogP contribution in [0.4, 0.5) is 5.69 Å². The first-order chi connectivity index (χ1) is 23.7. The Morgan fingerprint density at radius 2 is 1.64 bits per heavy atom. The molecule has 17 nitrogen and oxygen atoms in total. The van der Waals surface area contributed by atoms with E-state index in [0.717, 1.165) is 12.2 Å². The molecule has 1 fully saturated rings. The number of dihydropyridines is 1. The number of ether oxygens (including phenoxy) is 3. The summed E-state index contributed by atoms with van der Waals surface area (Å²) < 4.78 is 16.4. The summed E-state index contributed by atoms with van der Waals surface area (Å²) in [4.78, 5) is 52.4. The highest BCUT2D eigenvalue weighted by Gasteiger charge is 2.46. The molecule has 0 radical (unpaired) electrons. The zero-order chi connectivity index (χ0) is 36.3. The highest BCUT2D eigenvalue weighted by molar-refractivity contribution is 6.41. The van der Waals surface area contributed by atoms with Gasteiger partial charge in [-0.2, -0.15) is 0 Å². The van der Waals surface area contributed by atoms with Gasteiger partial charge in [-0.3, -0.25) is 4.99 Å². The van der Waals surface area contributed by atoms with Crippen LogP contribution in [-0.2, 0) is 35.1 Å². The molecule has 5 rings (SSSR count). The first-order valence-corrected chi connectivity index (χ1v) is 15.0. The number of phenols is 2. The Hall–Kier alpha value is -5.75. The van der Waals surface area contributed by atoms with Crippen LogP contribution in [0.3, 0.4) is 0 Å². The maximum Gasteiger partial charge on any atom is 0.354 e. The number of aliphatic imine (C=N–C) groups is 1. The van der Waals surface area contributed by atoms with Gasteiger partial charge in [-0.1, -0.05) is 12.1 Å². The van der Waals surface area contributed by atoms with E-state index >= 15 is 0 Å². The second-order valence-electron chi connectivity index (χ2n) is 11.5. The lowest BCUT2D eigenvalue weighted by molar-refractivity contribution is -0.278. The van der Waals surface area contributed by atoms with E-state index in [4.69, 9.17) is 14.2 Å². The van der Waals surface area contributed by atoms with Crippen LogP contribution in [0, 0.1) is 0 Å². The molecule has 7 atom stereocenters. The second kappa shape index (κ2) is 14.8. The van der Waals surface area contributed by atoms with E-state index in [2.05, 4.69) is 4.99 Å². The second-order valence-corrected chi connectivity index (χ2v) is 11.5. The number of hydrogen-bond acceptors (Lipinski definition) is 14. The molecule has 3 heterocycles. The summed E-state index contributed by atoms with van der Waals surface area (Å²) in [5, 5.41) is 80.4. The van der Waals surface area contributed by atoms with Crippen LogP contribution in [0.5, 0.6) is 17.2 Å². The van der Waals surface area contributed by atoms with Crippen LogP contribution < -0.4 is 9.64 Å². The standard InChI is InChI=1S/C33H32N2O15/c36-18-4-1-15(2-5-18)3-6-26(38)48-14-25-27(39)28(40)29(41)33(50-25)49-24-13-21-17(12-23(24)37)11-22(32(46)47)35(21)8-7-16-9-19(30(42)43)34-20(10-16)31(44)45/h1-9,12-13,20,22,25,27-29,33,36-37,39-41H,10-11,14H2,(H,42,43)(H,44,45)(H,46,47)/b6-3-,8-7?/t20-,22-,25+,27+,28-,29+,33+/m0/s1. The monoisotopic (exact) mass is 696 g/mol. The van der Waals surface area contributed by atoms with Crippen molar-refractivity contribution in [3.8, 4) is 17.2 Å². The van der Waals surface area contributed by atoms with Crippen LogP contribution in [0.2, 0.25) is 0 Å². The number of fused-ring (bicyclic) bond motifs is 1. The Kier molecular flexibility index (Phi) is 10.5. The molecule has 0 unspecified atom stereocenters. The molecule has 0 spiro atoms. The number of aliphatic hydroxyl groups is 3. The Bertz CT molecular complexity index is 1780. The number of aliphatic hydroxyl groups excluding tert-OH is 3. The van der Waals surface area contributed by atoms with Crippen molar-refractivity contribution in [1.82, 2.24) is 0 Å². The fourth-order valence-electron chi connectivity index (χ4n) is 5.46. The van der Waals surface area contributed by atoms with E-state index in [0.29, 0.717) is 11.1 Å². The van der Waals surface area contributed by atoms with Gasteiger partial charge in [0.15, 0.2) is 17.5 Å². The predicted molar refractivity (Wildman–Crippen MR) is 169 cm³/mol. The first-order valence-electron chi connectivity index (χ1n) is 15.0. The topological polar surface area (TPSA) is 273 Å². The van der Waals surface area contributed by atoms with Gasteiger partial charge in [0.25, 0.3) is 0 Å². The van der Waals surface area contributed by atoms with Crippen molar-refractivity contribution in [2.45, 2.75) is 55.6 Å². The first kappa shape index (κ1) is 35.6. The number of aromatic hydroxyl groups is 2. The largest absolute Gasteiger partial charge is 0.508 e. The average molecular weight is 697 g/mol. The van der Waals surface area contributed by atoms with E-state index in [-0.39, 0.29) is 35.6 Å². The van der Waals surface area contributed by atoms with Gasteiger partial charge in [0, 0.05) is 36.9 Å². The molecule has 0 amide bonds. The highest BCUT2D eigenvalue weighted by atomic mass is 16.7. The number of nitrogens with zero attached hydrogens (tertiary/aromatic N) is 2. The van der Waals surface area contributed by atoms with E-state index in [1.165, 1.54) is 47.5 Å². The summed E-state index contributed by atoms with van der Waals surface area (Å²) in [7, 11) is 0. The number of anilines is 1. The smallest absolute Gasteiger partial charge is 0.354 e. The number of carboxylic acid groups (broad SMARTS) is 3. The Balaban J connectivity index is 1.32. The molecular formula is C33H32N2O15. The number of carbonyl (C=O) groups is 4. The van der Waals surface area contributed by atoms with Crippen molar-refractivity contribution in [3.05, 3.63) is 77.5 Å². The maximum absolute atomic E-state index is 12.3. The summed E-state index contributed by atoms with van der Waals surface area (Å²) in [6.07, 6.45) is -2.44. The van der Waals surface area contributed by atoms with Crippen molar-refractivity contribution in [3.63, 3.8) is 0 Å². The lowest BCUT2D eigenvalue weighted by Gasteiger charge is -2.40.